The zero-order chi connectivity index (χ0) is 11.4. The fourth-order valence-electron chi connectivity index (χ4n) is 1.44. The summed E-state index contributed by atoms with van der Waals surface area (Å²) in [5.41, 5.74) is 0.854. The van der Waals surface area contributed by atoms with E-state index >= 15 is 0 Å². The summed E-state index contributed by atoms with van der Waals surface area (Å²) >= 11 is 0. The van der Waals surface area contributed by atoms with E-state index in [2.05, 4.69) is 0 Å². The molecule has 0 unspecified atom stereocenters. The average molecular weight is 354 g/mol. The van der Waals surface area contributed by atoms with Crippen LogP contribution in [-0.2, 0) is 0 Å². The molecule has 0 atom stereocenters. The van der Waals surface area contributed by atoms with Crippen molar-refractivity contribution in [3.8, 4) is 0 Å². The molecule has 0 aliphatic rings. The molecule has 0 bridgehead atoms. The largest absolute Gasteiger partial charge is 0.285 e. The Morgan fingerprint density at radius 3 is 1.18 bits per heavy atom. The molecule has 0 fully saturated rings. The molecule has 17 heavy (non-hydrogen) atoms. The van der Waals surface area contributed by atoms with E-state index in [0.29, 0.717) is 11.1 Å². The standard InChI is InChI=1S/C14H10O2.Nd/c15-13(11-7-3-1-4-8-11)14(16)12-9-5-2-6-10-12;/h1-10H;. The number of carbonyl (C=O) groups is 2. The second-order valence-electron chi connectivity index (χ2n) is 3.39. The van der Waals surface area contributed by atoms with E-state index in [1.54, 1.807) is 48.5 Å². The first-order valence-corrected chi connectivity index (χ1v) is 4.98. The molecule has 0 aliphatic carbocycles. The van der Waals surface area contributed by atoms with Crippen molar-refractivity contribution in [1.82, 2.24) is 0 Å². The van der Waals surface area contributed by atoms with Gasteiger partial charge in [0.15, 0.2) is 0 Å². The first kappa shape index (κ1) is 14.2. The van der Waals surface area contributed by atoms with Crippen LogP contribution in [0.15, 0.2) is 60.7 Å². The Morgan fingerprint density at radius 1 is 0.588 bits per heavy atom. The molecule has 82 valence electrons. The van der Waals surface area contributed by atoms with Gasteiger partial charge in [-0.05, 0) is 0 Å². The van der Waals surface area contributed by atoms with Crippen LogP contribution in [0.3, 0.4) is 0 Å². The Morgan fingerprint density at radius 2 is 0.882 bits per heavy atom. The Labute approximate surface area is 133 Å². The Hall–Kier alpha value is -0.869. The molecule has 2 aromatic rings. The van der Waals surface area contributed by atoms with E-state index in [1.807, 2.05) is 12.1 Å². The number of hydrogen-bond donors (Lipinski definition) is 0. The van der Waals surface area contributed by atoms with Crippen molar-refractivity contribution >= 4 is 11.6 Å². The van der Waals surface area contributed by atoms with Gasteiger partial charge >= 0.3 is 0 Å². The van der Waals surface area contributed by atoms with Gasteiger partial charge in [0.1, 0.15) is 0 Å². The third-order valence-electron chi connectivity index (χ3n) is 2.28. The number of carbonyl (C=O) groups excluding carboxylic acids is 2. The summed E-state index contributed by atoms with van der Waals surface area (Å²) in [7, 11) is 0. The smallest absolute Gasteiger partial charge is 0.233 e. The summed E-state index contributed by atoms with van der Waals surface area (Å²) in [4.78, 5) is 23.6. The van der Waals surface area contributed by atoms with E-state index in [0.717, 1.165) is 0 Å². The van der Waals surface area contributed by atoms with Crippen molar-refractivity contribution in [3.05, 3.63) is 71.8 Å². The number of benzene rings is 2. The van der Waals surface area contributed by atoms with Crippen LogP contribution in [0.2, 0.25) is 0 Å². The van der Waals surface area contributed by atoms with E-state index < -0.39 is 11.6 Å². The molecule has 2 nitrogen and oxygen atoms in total. The van der Waals surface area contributed by atoms with Crippen LogP contribution in [0.5, 0.6) is 0 Å². The predicted molar refractivity (Wildman–Crippen MR) is 61.5 cm³/mol. The van der Waals surface area contributed by atoms with Crippen LogP contribution in [-0.4, -0.2) is 11.6 Å². The average Bonchev–Trinajstić information content (AvgIpc) is 2.39. The molecule has 2 rings (SSSR count). The van der Waals surface area contributed by atoms with Gasteiger partial charge in [-0.1, -0.05) is 60.7 Å². The molecule has 0 aromatic heterocycles. The molecular formula is C14H10NdO2. The van der Waals surface area contributed by atoms with Gasteiger partial charge < -0.3 is 0 Å². The van der Waals surface area contributed by atoms with Crippen LogP contribution >= 0.6 is 0 Å². The zero-order valence-corrected chi connectivity index (χ0v) is 12.3. The molecule has 0 N–H and O–H groups in total. The van der Waals surface area contributed by atoms with Gasteiger partial charge in [0.05, 0.1) is 0 Å². The molecule has 0 saturated heterocycles. The van der Waals surface area contributed by atoms with Gasteiger partial charge in [-0.25, -0.2) is 0 Å². The molecule has 0 saturated carbocycles. The van der Waals surface area contributed by atoms with Gasteiger partial charge in [0, 0.05) is 52.0 Å². The Balaban J connectivity index is 0.00000144. The minimum atomic E-state index is -0.466. The third-order valence-corrected chi connectivity index (χ3v) is 2.28. The minimum Gasteiger partial charge on any atom is -0.285 e. The molecule has 0 aliphatic heterocycles. The van der Waals surface area contributed by atoms with E-state index in [4.69, 9.17) is 0 Å². The van der Waals surface area contributed by atoms with Crippen molar-refractivity contribution in [1.29, 1.82) is 0 Å². The molecule has 0 spiro atoms. The van der Waals surface area contributed by atoms with Crippen molar-refractivity contribution in [2.75, 3.05) is 0 Å². The van der Waals surface area contributed by atoms with Crippen molar-refractivity contribution in [2.45, 2.75) is 0 Å². The van der Waals surface area contributed by atoms with Gasteiger partial charge in [0.2, 0.25) is 11.6 Å². The maximum absolute atomic E-state index is 11.8. The molecular weight excluding hydrogens is 344 g/mol. The van der Waals surface area contributed by atoms with Crippen LogP contribution in [0.25, 0.3) is 0 Å². The second-order valence-corrected chi connectivity index (χ2v) is 3.39. The van der Waals surface area contributed by atoms with Crippen LogP contribution < -0.4 is 0 Å². The molecule has 0 amide bonds. The van der Waals surface area contributed by atoms with Gasteiger partial charge in [0.25, 0.3) is 0 Å². The summed E-state index contributed by atoms with van der Waals surface area (Å²) in [6.07, 6.45) is 0. The normalized spacial score (nSPS) is 9.18. The van der Waals surface area contributed by atoms with Crippen molar-refractivity contribution in [2.24, 2.45) is 0 Å². The molecule has 0 heterocycles. The zero-order valence-electron chi connectivity index (χ0n) is 9.09. The number of Topliss-reactive ketones (excluding diaryl/α,β-unsaturated/α-hetero) is 2. The number of ketones is 2. The fourth-order valence-corrected chi connectivity index (χ4v) is 1.44. The van der Waals surface area contributed by atoms with Crippen molar-refractivity contribution < 1.29 is 50.4 Å². The predicted octanol–water partition coefficient (Wildman–Crippen LogP) is 2.75. The van der Waals surface area contributed by atoms with Gasteiger partial charge in [-0.3, -0.25) is 9.59 Å². The summed E-state index contributed by atoms with van der Waals surface area (Å²) < 4.78 is 0. The van der Waals surface area contributed by atoms with Crippen LogP contribution in [0.4, 0.5) is 0 Å². The van der Waals surface area contributed by atoms with Crippen LogP contribution in [0, 0.1) is 40.8 Å². The van der Waals surface area contributed by atoms with E-state index in [-0.39, 0.29) is 40.8 Å². The molecule has 0 radical (unpaired) electrons. The summed E-state index contributed by atoms with van der Waals surface area (Å²) in [5, 5.41) is 0. The SMILES string of the molecule is O=C(C(=O)c1ccccc1)c1ccccc1.[Nd]. The first-order valence-electron chi connectivity index (χ1n) is 4.98. The van der Waals surface area contributed by atoms with E-state index in [9.17, 15) is 9.59 Å². The topological polar surface area (TPSA) is 34.1 Å². The summed E-state index contributed by atoms with van der Waals surface area (Å²) in [5.74, 6) is -0.932. The monoisotopic (exact) mass is 352 g/mol. The van der Waals surface area contributed by atoms with Gasteiger partial charge in [-0.2, -0.15) is 0 Å². The minimum absolute atomic E-state index is 0. The summed E-state index contributed by atoms with van der Waals surface area (Å²) in [6.45, 7) is 0. The Bertz CT molecular complexity index is 457. The summed E-state index contributed by atoms with van der Waals surface area (Å²) in [6, 6.07) is 17.2. The molecule has 3 heteroatoms. The third kappa shape index (κ3) is 3.54. The molecule has 2 aromatic carbocycles. The van der Waals surface area contributed by atoms with Crippen molar-refractivity contribution in [3.63, 3.8) is 0 Å². The first-order chi connectivity index (χ1) is 7.79. The van der Waals surface area contributed by atoms with E-state index in [1.165, 1.54) is 0 Å². The van der Waals surface area contributed by atoms with Gasteiger partial charge in [-0.15, -0.1) is 0 Å². The fraction of sp³-hybridized carbons (Fsp3) is 0. The maximum Gasteiger partial charge on any atom is 0.233 e. The quantitative estimate of drug-likeness (QED) is 0.627. The van der Waals surface area contributed by atoms with Crippen LogP contribution in [0.1, 0.15) is 20.7 Å². The number of rotatable bonds is 3. The maximum atomic E-state index is 11.8. The Kier molecular flexibility index (Phi) is 5.65. The number of hydrogen-bond acceptors (Lipinski definition) is 2. The second kappa shape index (κ2) is 6.77.